The molecule has 1 heterocycles. The van der Waals surface area contributed by atoms with Crippen molar-refractivity contribution in [2.24, 2.45) is 0 Å². The molecule has 0 saturated heterocycles. The average Bonchev–Trinajstić information content (AvgIpc) is 2.30. The van der Waals surface area contributed by atoms with Crippen molar-refractivity contribution in [2.75, 3.05) is 7.05 Å². The van der Waals surface area contributed by atoms with Crippen molar-refractivity contribution in [3.8, 4) is 0 Å². The number of carbonyl (C=O) groups is 1. The highest BCUT2D eigenvalue weighted by molar-refractivity contribution is 5.70. The molecule has 1 rings (SSSR count). The average molecular weight is 209 g/mol. The maximum Gasteiger partial charge on any atom is 0.170 e. The molecule has 0 radical (unpaired) electrons. The Hall–Kier alpha value is -1.29. The number of aldehydes is 1. The summed E-state index contributed by atoms with van der Waals surface area (Å²) in [6.07, 6.45) is 1.89. The first-order chi connectivity index (χ1) is 7.13. The van der Waals surface area contributed by atoms with Crippen LogP contribution in [0.1, 0.15) is 36.5 Å². The molecule has 0 amide bonds. The van der Waals surface area contributed by atoms with Crippen LogP contribution in [0.3, 0.4) is 0 Å². The lowest BCUT2D eigenvalue weighted by Crippen LogP contribution is -2.19. The first kappa shape index (κ1) is 13.7. The molecule has 0 aliphatic carbocycles. The smallest absolute Gasteiger partial charge is 0.170 e. The van der Waals surface area contributed by atoms with Crippen molar-refractivity contribution in [1.29, 1.82) is 0 Å². The number of carbonyl (C=O) groups excluding carboxylic acids is 1. The lowest BCUT2D eigenvalue weighted by molar-refractivity contribution is 0.111. The highest BCUT2D eigenvalue weighted by Crippen LogP contribution is 1.89. The van der Waals surface area contributed by atoms with Crippen molar-refractivity contribution in [3.63, 3.8) is 0 Å². The summed E-state index contributed by atoms with van der Waals surface area (Å²) in [5, 5.41) is 10.4. The number of hydrogen-bond acceptors (Lipinski definition) is 4. The van der Waals surface area contributed by atoms with E-state index in [0.717, 1.165) is 5.69 Å². The van der Waals surface area contributed by atoms with Gasteiger partial charge in [0.15, 0.2) is 6.29 Å². The molecule has 1 N–H and O–H groups in total. The van der Waals surface area contributed by atoms with Gasteiger partial charge in [-0.2, -0.15) is 5.10 Å². The lowest BCUT2D eigenvalue weighted by Gasteiger charge is -2.02. The van der Waals surface area contributed by atoms with Gasteiger partial charge < -0.3 is 5.32 Å². The van der Waals surface area contributed by atoms with Gasteiger partial charge in [0, 0.05) is 6.04 Å². The van der Waals surface area contributed by atoms with Crippen LogP contribution in [0.25, 0.3) is 0 Å². The molecule has 4 heteroatoms. The predicted molar refractivity (Wildman–Crippen MR) is 61.0 cm³/mol. The van der Waals surface area contributed by atoms with E-state index in [0.29, 0.717) is 18.0 Å². The molecular formula is C11H19N3O. The molecule has 1 atom stereocenters. The Bertz CT molecular complexity index is 268. The van der Waals surface area contributed by atoms with Crippen molar-refractivity contribution >= 4 is 6.29 Å². The summed E-state index contributed by atoms with van der Waals surface area (Å²) in [7, 11) is 1.98. The molecule has 15 heavy (non-hydrogen) atoms. The Balaban J connectivity index is 0.000000288. The quantitative estimate of drug-likeness (QED) is 0.768. The number of aryl methyl sites for hydroxylation is 1. The number of aromatic nitrogens is 2. The normalized spacial score (nSPS) is 11.2. The minimum absolute atomic E-state index is 0.376. The van der Waals surface area contributed by atoms with Crippen molar-refractivity contribution in [2.45, 2.75) is 33.2 Å². The van der Waals surface area contributed by atoms with Gasteiger partial charge in [0.2, 0.25) is 0 Å². The summed E-state index contributed by atoms with van der Waals surface area (Å²) in [6.45, 7) is 6.16. The summed E-state index contributed by atoms with van der Waals surface area (Å²) in [6, 6.07) is 4.07. The monoisotopic (exact) mass is 209 g/mol. The van der Waals surface area contributed by atoms with E-state index in [1.54, 1.807) is 12.1 Å². The minimum Gasteiger partial charge on any atom is -0.317 e. The van der Waals surface area contributed by atoms with Crippen molar-refractivity contribution < 1.29 is 4.79 Å². The van der Waals surface area contributed by atoms with E-state index >= 15 is 0 Å². The van der Waals surface area contributed by atoms with Crippen LogP contribution in [0, 0.1) is 6.92 Å². The van der Waals surface area contributed by atoms with E-state index in [2.05, 4.69) is 29.4 Å². The van der Waals surface area contributed by atoms with Crippen LogP contribution in [0.5, 0.6) is 0 Å². The zero-order valence-electron chi connectivity index (χ0n) is 9.82. The summed E-state index contributed by atoms with van der Waals surface area (Å²) in [5.41, 5.74) is 1.20. The van der Waals surface area contributed by atoms with Crippen LogP contribution in [0.15, 0.2) is 12.1 Å². The molecule has 0 fully saturated rings. The van der Waals surface area contributed by atoms with Crippen LogP contribution >= 0.6 is 0 Å². The fourth-order valence-electron chi connectivity index (χ4n) is 0.676. The zero-order chi connectivity index (χ0) is 11.7. The molecule has 1 aromatic rings. The maximum atomic E-state index is 10.0. The Morgan fingerprint density at radius 1 is 1.47 bits per heavy atom. The standard InChI is InChI=1S/C6H6N2O.C5H13N/c1-5-2-3-6(4-9)8-7-5;1-4-5(2)6-3/h2-4H,1H3;5-6H,4H2,1-3H3. The molecule has 4 nitrogen and oxygen atoms in total. The second-order valence-corrected chi connectivity index (χ2v) is 3.32. The van der Waals surface area contributed by atoms with Crippen molar-refractivity contribution in [3.05, 3.63) is 23.5 Å². The van der Waals surface area contributed by atoms with Gasteiger partial charge in [-0.3, -0.25) is 4.79 Å². The van der Waals surface area contributed by atoms with Gasteiger partial charge in [0.25, 0.3) is 0 Å². The summed E-state index contributed by atoms with van der Waals surface area (Å²) in [5.74, 6) is 0. The summed E-state index contributed by atoms with van der Waals surface area (Å²) in [4.78, 5) is 10.0. The molecular weight excluding hydrogens is 190 g/mol. The summed E-state index contributed by atoms with van der Waals surface area (Å²) >= 11 is 0. The third-order valence-electron chi connectivity index (χ3n) is 2.04. The van der Waals surface area contributed by atoms with Gasteiger partial charge in [-0.25, -0.2) is 0 Å². The second kappa shape index (κ2) is 8.05. The molecule has 0 aliphatic rings. The third-order valence-corrected chi connectivity index (χ3v) is 2.04. The molecule has 0 saturated carbocycles. The number of hydrogen-bond donors (Lipinski definition) is 1. The van der Waals surface area contributed by atoms with E-state index in [1.807, 2.05) is 14.0 Å². The van der Waals surface area contributed by atoms with E-state index in [9.17, 15) is 4.79 Å². The van der Waals surface area contributed by atoms with Crippen LogP contribution in [0.2, 0.25) is 0 Å². The van der Waals surface area contributed by atoms with Crippen LogP contribution < -0.4 is 5.32 Å². The molecule has 0 bridgehead atoms. The predicted octanol–water partition coefficient (Wildman–Crippen LogP) is 1.60. The molecule has 84 valence electrons. The van der Waals surface area contributed by atoms with Gasteiger partial charge >= 0.3 is 0 Å². The second-order valence-electron chi connectivity index (χ2n) is 3.32. The van der Waals surface area contributed by atoms with E-state index in [-0.39, 0.29) is 0 Å². The molecule has 0 spiro atoms. The summed E-state index contributed by atoms with van der Waals surface area (Å²) < 4.78 is 0. The SMILES string of the molecule is CCC(C)NC.Cc1ccc(C=O)nn1. The number of nitrogens with zero attached hydrogens (tertiary/aromatic N) is 2. The van der Waals surface area contributed by atoms with Gasteiger partial charge in [0.05, 0.1) is 5.69 Å². The van der Waals surface area contributed by atoms with Gasteiger partial charge in [-0.15, -0.1) is 5.10 Å². The van der Waals surface area contributed by atoms with E-state index in [1.165, 1.54) is 6.42 Å². The Kier molecular flexibility index (Phi) is 7.36. The highest BCUT2D eigenvalue weighted by Gasteiger charge is 1.88. The maximum absolute atomic E-state index is 10.0. The van der Waals surface area contributed by atoms with E-state index < -0.39 is 0 Å². The largest absolute Gasteiger partial charge is 0.317 e. The first-order valence-electron chi connectivity index (χ1n) is 5.06. The number of nitrogens with one attached hydrogen (secondary N) is 1. The molecule has 0 aliphatic heterocycles. The molecule has 1 aromatic heterocycles. The fraction of sp³-hybridized carbons (Fsp3) is 0.545. The van der Waals surface area contributed by atoms with E-state index in [4.69, 9.17) is 0 Å². The minimum atomic E-state index is 0.376. The fourth-order valence-corrected chi connectivity index (χ4v) is 0.676. The molecule has 1 unspecified atom stereocenters. The number of rotatable bonds is 3. The van der Waals surface area contributed by atoms with Gasteiger partial charge in [0.1, 0.15) is 5.69 Å². The first-order valence-corrected chi connectivity index (χ1v) is 5.06. The topological polar surface area (TPSA) is 54.9 Å². The van der Waals surface area contributed by atoms with Crippen LogP contribution in [-0.2, 0) is 0 Å². The van der Waals surface area contributed by atoms with Crippen molar-refractivity contribution in [1.82, 2.24) is 15.5 Å². The third kappa shape index (κ3) is 6.74. The van der Waals surface area contributed by atoms with Gasteiger partial charge in [-0.05, 0) is 39.4 Å². The lowest BCUT2D eigenvalue weighted by atomic mass is 10.3. The Morgan fingerprint density at radius 3 is 2.40 bits per heavy atom. The van der Waals surface area contributed by atoms with Crippen LogP contribution in [0.4, 0.5) is 0 Å². The van der Waals surface area contributed by atoms with Gasteiger partial charge in [-0.1, -0.05) is 6.92 Å². The zero-order valence-corrected chi connectivity index (χ0v) is 9.82. The Labute approximate surface area is 91.1 Å². The highest BCUT2D eigenvalue weighted by atomic mass is 16.1. The van der Waals surface area contributed by atoms with Crippen LogP contribution in [-0.4, -0.2) is 29.6 Å². The molecule has 0 aromatic carbocycles. The Morgan fingerprint density at radius 2 is 2.13 bits per heavy atom.